The van der Waals surface area contributed by atoms with E-state index in [4.69, 9.17) is 4.98 Å². The number of hydrogen-bond donors (Lipinski definition) is 0. The molecule has 1 rings (SSSR count). The summed E-state index contributed by atoms with van der Waals surface area (Å²) in [5.41, 5.74) is 4.17. The van der Waals surface area contributed by atoms with E-state index in [-0.39, 0.29) is 0 Å². The highest BCUT2D eigenvalue weighted by Gasteiger charge is 2.05. The maximum atomic E-state index is 5.14. The van der Waals surface area contributed by atoms with E-state index in [1.807, 2.05) is 0 Å². The second-order valence-electron chi connectivity index (χ2n) is 18.2. The molecule has 1 nitrogen and oxygen atoms in total. The molecule has 0 saturated carbocycles. The topological polar surface area (TPSA) is 12.9 Å². The molecule has 0 aliphatic carbocycles. The number of aromatic nitrogens is 1. The predicted molar refractivity (Wildman–Crippen MR) is 251 cm³/mol. The molecule has 1 aromatic rings. The van der Waals surface area contributed by atoms with Gasteiger partial charge < -0.3 is 0 Å². The molecule has 0 atom stereocenters. The van der Waals surface area contributed by atoms with Crippen molar-refractivity contribution in [3.8, 4) is 0 Å². The van der Waals surface area contributed by atoms with Crippen molar-refractivity contribution in [3.63, 3.8) is 0 Å². The summed E-state index contributed by atoms with van der Waals surface area (Å²) >= 11 is 0. The fourth-order valence-electron chi connectivity index (χ4n) is 8.80. The molecule has 1 radical (unpaired) electrons. The zero-order chi connectivity index (χ0) is 39.4. The third-order valence-corrected chi connectivity index (χ3v) is 12.5. The summed E-state index contributed by atoms with van der Waals surface area (Å²) in [6.07, 6.45) is 65.1. The Morgan fingerprint density at radius 2 is 0.491 bits per heavy atom. The van der Waals surface area contributed by atoms with E-state index in [1.165, 1.54) is 287 Å². The Balaban J connectivity index is 1.93. The van der Waals surface area contributed by atoms with Crippen LogP contribution in [0.15, 0.2) is 12.1 Å². The molecule has 323 valence electrons. The Labute approximate surface area is 349 Å². The van der Waals surface area contributed by atoms with Gasteiger partial charge in [-0.05, 0) is 56.2 Å². The zero-order valence-corrected chi connectivity index (χ0v) is 38.3. The SMILES string of the molecule is [CH2]CCc1cc(CCCCCCCCCCCCCCCCCCCCCCC)nc(CCCCCCCCCCCCCCCCCCCCCCC)c1. The van der Waals surface area contributed by atoms with Crippen LogP contribution in [0.2, 0.25) is 0 Å². The van der Waals surface area contributed by atoms with Gasteiger partial charge in [-0.1, -0.05) is 278 Å². The lowest BCUT2D eigenvalue weighted by molar-refractivity contribution is 0.520. The monoisotopic (exact) mass is 765 g/mol. The number of pyridine rings is 1. The lowest BCUT2D eigenvalue weighted by atomic mass is 10.0. The highest BCUT2D eigenvalue weighted by atomic mass is 14.7. The number of nitrogens with zero attached hydrogens (tertiary/aromatic N) is 1. The fourth-order valence-corrected chi connectivity index (χ4v) is 8.80. The first-order valence-electron chi connectivity index (χ1n) is 26.1. The molecule has 0 aliphatic heterocycles. The molecule has 0 fully saturated rings. The Kier molecular flexibility index (Phi) is 42.0. The first kappa shape index (κ1) is 52.2. The van der Waals surface area contributed by atoms with Crippen LogP contribution in [0.1, 0.15) is 307 Å². The molecule has 0 N–H and O–H groups in total. The van der Waals surface area contributed by atoms with E-state index < -0.39 is 0 Å². The van der Waals surface area contributed by atoms with E-state index in [0.717, 1.165) is 25.7 Å². The van der Waals surface area contributed by atoms with Crippen molar-refractivity contribution in [1.29, 1.82) is 0 Å². The van der Waals surface area contributed by atoms with Crippen molar-refractivity contribution in [2.24, 2.45) is 0 Å². The molecule has 0 aliphatic rings. The molecule has 0 unspecified atom stereocenters. The lowest BCUT2D eigenvalue weighted by Gasteiger charge is -2.09. The molecule has 55 heavy (non-hydrogen) atoms. The predicted octanol–water partition coefficient (Wildman–Crippen LogP) is 19.4. The van der Waals surface area contributed by atoms with Gasteiger partial charge in [-0.2, -0.15) is 0 Å². The second-order valence-corrected chi connectivity index (χ2v) is 18.2. The van der Waals surface area contributed by atoms with Gasteiger partial charge in [0.05, 0.1) is 0 Å². The summed E-state index contributed by atoms with van der Waals surface area (Å²) < 4.78 is 0. The van der Waals surface area contributed by atoms with Gasteiger partial charge in [-0.3, -0.25) is 4.98 Å². The zero-order valence-electron chi connectivity index (χ0n) is 38.3. The lowest BCUT2D eigenvalue weighted by Crippen LogP contribution is -2.00. The highest BCUT2D eigenvalue weighted by Crippen LogP contribution is 2.19. The minimum Gasteiger partial charge on any atom is -0.258 e. The molecule has 0 amide bonds. The van der Waals surface area contributed by atoms with Crippen molar-refractivity contribution < 1.29 is 0 Å². The fraction of sp³-hybridized carbons (Fsp3) is 0.889. The van der Waals surface area contributed by atoms with Gasteiger partial charge in [-0.15, -0.1) is 0 Å². The van der Waals surface area contributed by atoms with Crippen LogP contribution in [0.5, 0.6) is 0 Å². The molecule has 0 saturated heterocycles. The average molecular weight is 765 g/mol. The van der Waals surface area contributed by atoms with Crippen LogP contribution in [0.4, 0.5) is 0 Å². The minimum absolute atomic E-state index is 0.988. The van der Waals surface area contributed by atoms with Gasteiger partial charge in [0.25, 0.3) is 0 Å². The van der Waals surface area contributed by atoms with Crippen molar-refractivity contribution >= 4 is 0 Å². The van der Waals surface area contributed by atoms with Crippen LogP contribution < -0.4 is 0 Å². The molecule has 1 heterocycles. The number of rotatable bonds is 46. The number of aryl methyl sites for hydroxylation is 3. The normalized spacial score (nSPS) is 11.6. The minimum atomic E-state index is 0.988. The molecule has 0 aromatic carbocycles. The van der Waals surface area contributed by atoms with Crippen LogP contribution in [-0.2, 0) is 19.3 Å². The summed E-state index contributed by atoms with van der Waals surface area (Å²) in [5.74, 6) is 0. The smallest absolute Gasteiger partial charge is 0.0409 e. The summed E-state index contributed by atoms with van der Waals surface area (Å²) in [4.78, 5) is 5.14. The van der Waals surface area contributed by atoms with E-state index in [2.05, 4.69) is 32.9 Å². The molecular formula is C54H102N. The van der Waals surface area contributed by atoms with Crippen LogP contribution >= 0.6 is 0 Å². The Hall–Kier alpha value is -0.850. The second kappa shape index (κ2) is 44.3. The first-order chi connectivity index (χ1) is 27.3. The van der Waals surface area contributed by atoms with Crippen LogP contribution in [0, 0.1) is 6.92 Å². The van der Waals surface area contributed by atoms with E-state index in [0.29, 0.717) is 0 Å². The van der Waals surface area contributed by atoms with Crippen molar-refractivity contribution in [2.45, 2.75) is 309 Å². The van der Waals surface area contributed by atoms with Gasteiger partial charge in [0.15, 0.2) is 0 Å². The largest absolute Gasteiger partial charge is 0.258 e. The third kappa shape index (κ3) is 38.4. The maximum Gasteiger partial charge on any atom is 0.0409 e. The molecule has 1 heteroatoms. The van der Waals surface area contributed by atoms with Crippen LogP contribution in [0.3, 0.4) is 0 Å². The molecule has 0 spiro atoms. The number of unbranched alkanes of at least 4 members (excludes halogenated alkanes) is 40. The van der Waals surface area contributed by atoms with Gasteiger partial charge in [-0.25, -0.2) is 0 Å². The Morgan fingerprint density at radius 3 is 0.691 bits per heavy atom. The third-order valence-electron chi connectivity index (χ3n) is 12.5. The summed E-state index contributed by atoms with van der Waals surface area (Å²) in [7, 11) is 0. The average Bonchev–Trinajstić information content (AvgIpc) is 3.19. The number of hydrogen-bond acceptors (Lipinski definition) is 1. The highest BCUT2D eigenvalue weighted by molar-refractivity contribution is 5.22. The maximum absolute atomic E-state index is 5.14. The van der Waals surface area contributed by atoms with Crippen LogP contribution in [0.25, 0.3) is 0 Å². The van der Waals surface area contributed by atoms with Gasteiger partial charge in [0.2, 0.25) is 0 Å². The Bertz CT molecular complexity index is 795. The summed E-state index contributed by atoms with van der Waals surface area (Å²) in [5, 5.41) is 0. The summed E-state index contributed by atoms with van der Waals surface area (Å²) in [6, 6.07) is 4.78. The van der Waals surface area contributed by atoms with Gasteiger partial charge >= 0.3 is 0 Å². The molecular weight excluding hydrogens is 663 g/mol. The van der Waals surface area contributed by atoms with Gasteiger partial charge in [0, 0.05) is 11.4 Å². The van der Waals surface area contributed by atoms with E-state index in [9.17, 15) is 0 Å². The van der Waals surface area contributed by atoms with Crippen LogP contribution in [-0.4, -0.2) is 4.98 Å². The molecule has 1 aromatic heterocycles. The summed E-state index contributed by atoms with van der Waals surface area (Å²) in [6.45, 7) is 8.76. The van der Waals surface area contributed by atoms with Crippen molar-refractivity contribution in [1.82, 2.24) is 4.98 Å². The van der Waals surface area contributed by atoms with E-state index in [1.54, 1.807) is 0 Å². The first-order valence-corrected chi connectivity index (χ1v) is 26.1. The molecule has 0 bridgehead atoms. The quantitative estimate of drug-likeness (QED) is 0.0603. The van der Waals surface area contributed by atoms with Crippen molar-refractivity contribution in [2.75, 3.05) is 0 Å². The van der Waals surface area contributed by atoms with Gasteiger partial charge in [0.1, 0.15) is 0 Å². The van der Waals surface area contributed by atoms with Crippen molar-refractivity contribution in [3.05, 3.63) is 36.0 Å². The Morgan fingerprint density at radius 1 is 0.291 bits per heavy atom. The standard InChI is InChI=1S/C54H102N/c1-4-7-9-11-13-15-17-19-21-23-25-27-29-31-33-35-37-39-41-43-45-48-53-50-52(47-6-3)51-54(55-53)49-46-44-42-40-38-36-34-32-30-28-26-24-22-20-18-16-14-12-10-8-5-2/h50-51H,3-49H2,1-2H3. The van der Waals surface area contributed by atoms with E-state index >= 15 is 0 Å².